The quantitative estimate of drug-likeness (QED) is 0.596. The Balaban J connectivity index is 1.35. The van der Waals surface area contributed by atoms with Crippen molar-refractivity contribution >= 4 is 5.91 Å². The van der Waals surface area contributed by atoms with Crippen molar-refractivity contribution in [3.05, 3.63) is 65.1 Å². The predicted molar refractivity (Wildman–Crippen MR) is 122 cm³/mol. The summed E-state index contributed by atoms with van der Waals surface area (Å²) in [5.74, 6) is 0.424. The first-order valence-corrected chi connectivity index (χ1v) is 11.1. The summed E-state index contributed by atoms with van der Waals surface area (Å²) in [5.41, 5.74) is 9.21. The number of fused-ring (bicyclic) bond motifs is 1. The highest BCUT2D eigenvalue weighted by molar-refractivity contribution is 5.79. The van der Waals surface area contributed by atoms with Gasteiger partial charge in [0.1, 0.15) is 5.70 Å². The smallest absolute Gasteiger partial charge is 0.224 e. The molecule has 1 fully saturated rings. The van der Waals surface area contributed by atoms with Gasteiger partial charge < -0.3 is 26.1 Å². The Kier molecular flexibility index (Phi) is 6.78. The number of benzene rings is 1. The molecule has 3 aliphatic heterocycles. The zero-order valence-corrected chi connectivity index (χ0v) is 18.4. The van der Waals surface area contributed by atoms with E-state index in [1.165, 1.54) is 0 Å². The second-order valence-electron chi connectivity index (χ2n) is 8.50. The van der Waals surface area contributed by atoms with E-state index in [-0.39, 0.29) is 17.9 Å². The van der Waals surface area contributed by atoms with Crippen molar-refractivity contribution in [2.24, 2.45) is 11.7 Å². The summed E-state index contributed by atoms with van der Waals surface area (Å²) in [4.78, 5) is 21.0. The van der Waals surface area contributed by atoms with Gasteiger partial charge in [0.15, 0.2) is 5.75 Å². The standard InChI is InChI=1S/C24H30N6O2/c1-29-11-8-20(9-12-29)28-24(31)18(14-25)13-17-4-6-21(7-5-17)32-30-10-2-3-22-23(30)19(15-26)16-27-22/h2-7,10,18,20,27H,8-9,11-14,16,25H2,1H3,(H,28,31). The topological polar surface area (TPSA) is 107 Å². The Morgan fingerprint density at radius 3 is 2.78 bits per heavy atom. The Bertz CT molecular complexity index is 967. The van der Waals surface area contributed by atoms with Crippen molar-refractivity contribution in [3.63, 3.8) is 0 Å². The minimum absolute atomic E-state index is 0.0323. The minimum Gasteiger partial charge on any atom is -0.378 e. The molecule has 0 spiro atoms. The van der Waals surface area contributed by atoms with E-state index in [2.05, 4.69) is 28.7 Å². The van der Waals surface area contributed by atoms with Gasteiger partial charge in [-0.15, -0.1) is 0 Å². The van der Waals surface area contributed by atoms with Crippen molar-refractivity contribution in [1.29, 1.82) is 5.26 Å². The summed E-state index contributed by atoms with van der Waals surface area (Å²) < 4.78 is 0. The lowest BCUT2D eigenvalue weighted by Crippen LogP contribution is -2.46. The van der Waals surface area contributed by atoms with E-state index in [0.717, 1.165) is 42.9 Å². The van der Waals surface area contributed by atoms with Crippen LogP contribution in [0.15, 0.2) is 59.6 Å². The van der Waals surface area contributed by atoms with Crippen molar-refractivity contribution in [3.8, 4) is 11.8 Å². The molecule has 32 heavy (non-hydrogen) atoms. The summed E-state index contributed by atoms with van der Waals surface area (Å²) in [6.45, 7) is 2.82. The molecular weight excluding hydrogens is 404 g/mol. The third kappa shape index (κ3) is 4.96. The van der Waals surface area contributed by atoms with Crippen LogP contribution in [0, 0.1) is 17.2 Å². The van der Waals surface area contributed by atoms with Gasteiger partial charge in [-0.1, -0.05) is 12.1 Å². The third-order valence-corrected chi connectivity index (χ3v) is 6.17. The van der Waals surface area contributed by atoms with Crippen LogP contribution in [0.3, 0.4) is 0 Å². The molecule has 1 amide bonds. The van der Waals surface area contributed by atoms with Crippen LogP contribution < -0.4 is 21.2 Å². The molecular formula is C24H30N6O2. The molecule has 0 radical (unpaired) electrons. The average molecular weight is 435 g/mol. The molecule has 1 saturated heterocycles. The number of carbonyl (C=O) groups is 1. The molecule has 1 atom stereocenters. The van der Waals surface area contributed by atoms with Gasteiger partial charge in [0.05, 0.1) is 29.8 Å². The molecule has 0 saturated carbocycles. The molecule has 8 heteroatoms. The van der Waals surface area contributed by atoms with Gasteiger partial charge in [0.2, 0.25) is 5.91 Å². The van der Waals surface area contributed by atoms with Crippen LogP contribution in [0.25, 0.3) is 0 Å². The van der Waals surface area contributed by atoms with Crippen LogP contribution in [0.4, 0.5) is 0 Å². The highest BCUT2D eigenvalue weighted by atomic mass is 16.7. The van der Waals surface area contributed by atoms with Crippen LogP contribution in [-0.4, -0.2) is 55.1 Å². The molecule has 1 unspecified atom stereocenters. The SMILES string of the molecule is CN1CCC(NC(=O)C(CN)Cc2ccc(ON3C=CC=C4NCC(C#N)=C43)cc2)CC1. The minimum atomic E-state index is -0.257. The normalized spacial score (nSPS) is 19.7. The number of hydroxylamine groups is 2. The van der Waals surface area contributed by atoms with Gasteiger partial charge in [0.25, 0.3) is 0 Å². The maximum Gasteiger partial charge on any atom is 0.224 e. The van der Waals surface area contributed by atoms with E-state index in [1.807, 2.05) is 36.4 Å². The van der Waals surface area contributed by atoms with Gasteiger partial charge in [0, 0.05) is 18.8 Å². The van der Waals surface area contributed by atoms with E-state index in [9.17, 15) is 10.1 Å². The Morgan fingerprint density at radius 2 is 2.09 bits per heavy atom. The molecule has 3 aliphatic rings. The number of nitriles is 1. The average Bonchev–Trinajstić information content (AvgIpc) is 3.24. The molecule has 8 nitrogen and oxygen atoms in total. The lowest BCUT2D eigenvalue weighted by atomic mass is 9.97. The first kappa shape index (κ1) is 21.9. The molecule has 0 aliphatic carbocycles. The summed E-state index contributed by atoms with van der Waals surface area (Å²) in [7, 11) is 2.11. The first-order valence-electron chi connectivity index (χ1n) is 11.1. The fraction of sp³-hybridized carbons (Fsp3) is 0.417. The highest BCUT2D eigenvalue weighted by Gasteiger charge is 2.27. The predicted octanol–water partition coefficient (Wildman–Crippen LogP) is 1.40. The molecule has 1 aromatic rings. The lowest BCUT2D eigenvalue weighted by Gasteiger charge is -2.30. The van der Waals surface area contributed by atoms with Crippen molar-refractivity contribution < 1.29 is 9.63 Å². The van der Waals surface area contributed by atoms with Gasteiger partial charge in [-0.05, 0) is 69.2 Å². The first-order chi connectivity index (χ1) is 15.6. The second-order valence-corrected chi connectivity index (χ2v) is 8.50. The maximum absolute atomic E-state index is 12.7. The lowest BCUT2D eigenvalue weighted by molar-refractivity contribution is -0.125. The summed E-state index contributed by atoms with van der Waals surface area (Å²) in [6, 6.07) is 10.1. The summed E-state index contributed by atoms with van der Waals surface area (Å²) >= 11 is 0. The van der Waals surface area contributed by atoms with Gasteiger partial charge in [-0.25, -0.2) is 0 Å². The fourth-order valence-electron chi connectivity index (χ4n) is 4.20. The monoisotopic (exact) mass is 434 g/mol. The number of allylic oxidation sites excluding steroid dienone is 2. The largest absolute Gasteiger partial charge is 0.378 e. The van der Waals surface area contributed by atoms with E-state index in [1.54, 1.807) is 11.3 Å². The van der Waals surface area contributed by atoms with Crippen LogP contribution in [-0.2, 0) is 11.2 Å². The molecule has 4 N–H and O–H groups in total. The number of carbonyl (C=O) groups excluding carboxylic acids is 1. The number of rotatable bonds is 7. The number of hydrogen-bond acceptors (Lipinski definition) is 7. The summed E-state index contributed by atoms with van der Waals surface area (Å²) in [6.07, 6.45) is 8.12. The van der Waals surface area contributed by atoms with Gasteiger partial charge in [-0.3, -0.25) is 4.79 Å². The van der Waals surface area contributed by atoms with Gasteiger partial charge in [-0.2, -0.15) is 10.3 Å². The number of piperidine rings is 1. The molecule has 168 valence electrons. The number of nitrogens with one attached hydrogen (secondary N) is 2. The number of amides is 1. The van der Waals surface area contributed by atoms with Crippen molar-refractivity contribution in [2.75, 3.05) is 33.2 Å². The van der Waals surface area contributed by atoms with E-state index in [0.29, 0.717) is 30.8 Å². The third-order valence-electron chi connectivity index (χ3n) is 6.17. The Morgan fingerprint density at radius 1 is 1.34 bits per heavy atom. The van der Waals surface area contributed by atoms with Crippen LogP contribution in [0.1, 0.15) is 18.4 Å². The van der Waals surface area contributed by atoms with Crippen molar-refractivity contribution in [2.45, 2.75) is 25.3 Å². The fourth-order valence-corrected chi connectivity index (χ4v) is 4.20. The van der Waals surface area contributed by atoms with Crippen LogP contribution in [0.2, 0.25) is 0 Å². The zero-order chi connectivity index (χ0) is 22.5. The van der Waals surface area contributed by atoms with Crippen molar-refractivity contribution in [1.82, 2.24) is 20.6 Å². The highest BCUT2D eigenvalue weighted by Crippen LogP contribution is 2.28. The molecule has 1 aromatic carbocycles. The summed E-state index contributed by atoms with van der Waals surface area (Å²) in [5, 5.41) is 17.4. The number of likely N-dealkylation sites (tertiary alicyclic amines) is 1. The van der Waals surface area contributed by atoms with E-state index < -0.39 is 0 Å². The number of nitrogens with two attached hydrogens (primary N) is 1. The van der Waals surface area contributed by atoms with Crippen LogP contribution in [0.5, 0.6) is 5.75 Å². The molecule has 0 aromatic heterocycles. The van der Waals surface area contributed by atoms with E-state index >= 15 is 0 Å². The second kappa shape index (κ2) is 9.90. The number of nitrogens with zero attached hydrogens (tertiary/aromatic N) is 3. The molecule has 0 bridgehead atoms. The zero-order valence-electron chi connectivity index (χ0n) is 18.4. The maximum atomic E-state index is 12.7. The van der Waals surface area contributed by atoms with Crippen LogP contribution >= 0.6 is 0 Å². The Hall–Kier alpha value is -3.28. The molecule has 3 heterocycles. The Labute approximate surface area is 188 Å². The van der Waals surface area contributed by atoms with Gasteiger partial charge >= 0.3 is 0 Å². The number of hydrogen-bond donors (Lipinski definition) is 3. The molecule has 4 rings (SSSR count). The van der Waals surface area contributed by atoms with E-state index in [4.69, 9.17) is 10.6 Å².